The molecule has 1 saturated carbocycles. The molecule has 2 atom stereocenters. The number of nitrogens with one attached hydrogen (secondary N) is 1. The molecule has 0 heterocycles. The van der Waals surface area contributed by atoms with Gasteiger partial charge in [-0.15, -0.1) is 12.4 Å². The van der Waals surface area contributed by atoms with Crippen molar-refractivity contribution in [2.45, 2.75) is 31.7 Å². The molecule has 1 aromatic carbocycles. The number of halogens is 1. The average molecular weight is 313 g/mol. The summed E-state index contributed by atoms with van der Waals surface area (Å²) >= 11 is 0. The zero-order chi connectivity index (χ0) is 14.2. The number of hydrogen-bond acceptors (Lipinski definition) is 3. The minimum absolute atomic E-state index is 0. The van der Waals surface area contributed by atoms with Crippen molar-refractivity contribution < 1.29 is 9.53 Å². The Morgan fingerprint density at radius 2 is 2.05 bits per heavy atom. The molecule has 0 bridgehead atoms. The first kappa shape index (κ1) is 18.0. The van der Waals surface area contributed by atoms with Crippen molar-refractivity contribution in [3.05, 3.63) is 35.9 Å². The van der Waals surface area contributed by atoms with Gasteiger partial charge in [0, 0.05) is 6.04 Å². The van der Waals surface area contributed by atoms with Crippen LogP contribution in [0.2, 0.25) is 0 Å². The van der Waals surface area contributed by atoms with E-state index in [2.05, 4.69) is 17.4 Å². The molecule has 0 radical (unpaired) electrons. The van der Waals surface area contributed by atoms with E-state index in [0.717, 1.165) is 25.7 Å². The van der Waals surface area contributed by atoms with Crippen LogP contribution in [0.3, 0.4) is 0 Å². The third-order valence-electron chi connectivity index (χ3n) is 3.92. The van der Waals surface area contributed by atoms with Crippen LogP contribution >= 0.6 is 12.4 Å². The average Bonchev–Trinajstić information content (AvgIpc) is 2.92. The molecule has 2 unspecified atom stereocenters. The highest BCUT2D eigenvalue weighted by atomic mass is 35.5. The Balaban J connectivity index is 0.00000220. The summed E-state index contributed by atoms with van der Waals surface area (Å²) in [5, 5.41) is 3.03. The fourth-order valence-corrected chi connectivity index (χ4v) is 2.76. The second kappa shape index (κ2) is 9.77. The standard InChI is InChI=1S/C16H24N2O2.ClH/c17-11-14-7-4-8-15(14)18-16(19)12-20-10-9-13-5-2-1-3-6-13;/h1-3,5-6,14-15H,4,7-12,17H2,(H,18,19);1H. The SMILES string of the molecule is Cl.NCC1CCCC1NC(=O)COCCc1ccccc1. The summed E-state index contributed by atoms with van der Waals surface area (Å²) in [7, 11) is 0. The van der Waals surface area contributed by atoms with Gasteiger partial charge in [-0.05, 0) is 37.3 Å². The molecule has 1 aliphatic carbocycles. The Hall–Kier alpha value is -1.10. The van der Waals surface area contributed by atoms with E-state index in [-0.39, 0.29) is 31.0 Å². The molecular formula is C16H25ClN2O2. The molecule has 0 aromatic heterocycles. The lowest BCUT2D eigenvalue weighted by atomic mass is 10.0. The van der Waals surface area contributed by atoms with Gasteiger partial charge in [-0.2, -0.15) is 0 Å². The number of rotatable bonds is 7. The second-order valence-electron chi connectivity index (χ2n) is 5.39. The van der Waals surface area contributed by atoms with Gasteiger partial charge in [0.05, 0.1) is 6.61 Å². The lowest BCUT2D eigenvalue weighted by Crippen LogP contribution is -2.41. The van der Waals surface area contributed by atoms with Gasteiger partial charge >= 0.3 is 0 Å². The quantitative estimate of drug-likeness (QED) is 0.756. The van der Waals surface area contributed by atoms with Crippen molar-refractivity contribution in [1.82, 2.24) is 5.32 Å². The number of nitrogens with two attached hydrogens (primary N) is 1. The fraction of sp³-hybridized carbons (Fsp3) is 0.562. The van der Waals surface area contributed by atoms with Crippen LogP contribution in [0.5, 0.6) is 0 Å². The van der Waals surface area contributed by atoms with Crippen molar-refractivity contribution in [3.63, 3.8) is 0 Å². The molecule has 1 fully saturated rings. The Bertz CT molecular complexity index is 414. The molecule has 3 N–H and O–H groups in total. The molecule has 2 rings (SSSR count). The van der Waals surface area contributed by atoms with Crippen LogP contribution in [0.4, 0.5) is 0 Å². The molecule has 1 aliphatic rings. The summed E-state index contributed by atoms with van der Waals surface area (Å²) in [6.07, 6.45) is 4.15. The number of benzene rings is 1. The van der Waals surface area contributed by atoms with Crippen LogP contribution in [-0.2, 0) is 16.0 Å². The van der Waals surface area contributed by atoms with Gasteiger partial charge in [0.1, 0.15) is 6.61 Å². The van der Waals surface area contributed by atoms with Crippen LogP contribution in [0.15, 0.2) is 30.3 Å². The third-order valence-corrected chi connectivity index (χ3v) is 3.92. The summed E-state index contributed by atoms with van der Waals surface area (Å²) in [4.78, 5) is 11.8. The van der Waals surface area contributed by atoms with E-state index in [1.54, 1.807) is 0 Å². The van der Waals surface area contributed by atoms with E-state index in [1.165, 1.54) is 5.56 Å². The van der Waals surface area contributed by atoms with Gasteiger partial charge in [-0.25, -0.2) is 0 Å². The zero-order valence-corrected chi connectivity index (χ0v) is 13.1. The highest BCUT2D eigenvalue weighted by molar-refractivity contribution is 5.85. The number of carbonyl (C=O) groups excluding carboxylic acids is 1. The number of ether oxygens (including phenoxy) is 1. The topological polar surface area (TPSA) is 64.3 Å². The Labute approximate surface area is 132 Å². The highest BCUT2D eigenvalue weighted by Crippen LogP contribution is 2.24. The van der Waals surface area contributed by atoms with Gasteiger partial charge in [0.15, 0.2) is 0 Å². The van der Waals surface area contributed by atoms with E-state index >= 15 is 0 Å². The van der Waals surface area contributed by atoms with Gasteiger partial charge in [-0.1, -0.05) is 36.8 Å². The maximum absolute atomic E-state index is 11.8. The monoisotopic (exact) mass is 312 g/mol. The summed E-state index contributed by atoms with van der Waals surface area (Å²) < 4.78 is 5.44. The molecule has 0 saturated heterocycles. The number of hydrogen-bond donors (Lipinski definition) is 2. The predicted octanol–water partition coefficient (Wildman–Crippen LogP) is 1.91. The van der Waals surface area contributed by atoms with Crippen LogP contribution in [0.25, 0.3) is 0 Å². The molecule has 21 heavy (non-hydrogen) atoms. The Morgan fingerprint density at radius 1 is 1.29 bits per heavy atom. The minimum atomic E-state index is -0.0246. The third kappa shape index (κ3) is 6.04. The molecule has 118 valence electrons. The number of amides is 1. The van der Waals surface area contributed by atoms with Crippen molar-refractivity contribution in [3.8, 4) is 0 Å². The molecule has 5 heteroatoms. The largest absolute Gasteiger partial charge is 0.371 e. The second-order valence-corrected chi connectivity index (χ2v) is 5.39. The molecule has 1 amide bonds. The molecule has 1 aromatic rings. The van der Waals surface area contributed by atoms with Crippen LogP contribution in [0, 0.1) is 5.92 Å². The summed E-state index contributed by atoms with van der Waals surface area (Å²) in [6.45, 7) is 1.36. The number of carbonyl (C=O) groups is 1. The van der Waals surface area contributed by atoms with Crippen molar-refractivity contribution in [2.24, 2.45) is 11.7 Å². The molecular weight excluding hydrogens is 288 g/mol. The lowest BCUT2D eigenvalue weighted by Gasteiger charge is -2.19. The van der Waals surface area contributed by atoms with Crippen molar-refractivity contribution >= 4 is 18.3 Å². The molecule has 0 aliphatic heterocycles. The van der Waals surface area contributed by atoms with E-state index < -0.39 is 0 Å². The smallest absolute Gasteiger partial charge is 0.246 e. The van der Waals surface area contributed by atoms with Gasteiger partial charge in [0.2, 0.25) is 5.91 Å². The first-order valence-corrected chi connectivity index (χ1v) is 7.40. The maximum atomic E-state index is 11.8. The first-order chi connectivity index (χ1) is 9.79. The van der Waals surface area contributed by atoms with Crippen LogP contribution in [0.1, 0.15) is 24.8 Å². The van der Waals surface area contributed by atoms with E-state index in [4.69, 9.17) is 10.5 Å². The summed E-state index contributed by atoms with van der Waals surface area (Å²) in [6, 6.07) is 10.4. The first-order valence-electron chi connectivity index (χ1n) is 7.40. The Morgan fingerprint density at radius 3 is 2.76 bits per heavy atom. The lowest BCUT2D eigenvalue weighted by molar-refractivity contribution is -0.126. The van der Waals surface area contributed by atoms with Gasteiger partial charge in [-0.3, -0.25) is 4.79 Å². The summed E-state index contributed by atoms with van der Waals surface area (Å²) in [5.74, 6) is 0.409. The van der Waals surface area contributed by atoms with Crippen molar-refractivity contribution in [1.29, 1.82) is 0 Å². The zero-order valence-electron chi connectivity index (χ0n) is 12.3. The van der Waals surface area contributed by atoms with Crippen molar-refractivity contribution in [2.75, 3.05) is 19.8 Å². The van der Waals surface area contributed by atoms with Crippen LogP contribution in [-0.4, -0.2) is 31.7 Å². The Kier molecular flexibility index (Phi) is 8.35. The van der Waals surface area contributed by atoms with E-state index in [9.17, 15) is 4.79 Å². The normalized spacial score (nSPS) is 20.8. The van der Waals surface area contributed by atoms with E-state index in [1.807, 2.05) is 18.2 Å². The van der Waals surface area contributed by atoms with E-state index in [0.29, 0.717) is 19.1 Å². The van der Waals surface area contributed by atoms with Gasteiger partial charge in [0.25, 0.3) is 0 Å². The predicted molar refractivity (Wildman–Crippen MR) is 86.5 cm³/mol. The molecule has 0 spiro atoms. The molecule has 4 nitrogen and oxygen atoms in total. The van der Waals surface area contributed by atoms with Crippen LogP contribution < -0.4 is 11.1 Å². The maximum Gasteiger partial charge on any atom is 0.246 e. The highest BCUT2D eigenvalue weighted by Gasteiger charge is 2.27. The fourth-order valence-electron chi connectivity index (χ4n) is 2.76. The van der Waals surface area contributed by atoms with Gasteiger partial charge < -0.3 is 15.8 Å². The summed E-state index contributed by atoms with van der Waals surface area (Å²) in [5.41, 5.74) is 6.93. The minimum Gasteiger partial charge on any atom is -0.371 e.